The second-order valence-corrected chi connectivity index (χ2v) is 7.86. The maximum absolute atomic E-state index is 5.84. The molecule has 3 rings (SSSR count). The largest absolute Gasteiger partial charge is 0.481 e. The van der Waals surface area contributed by atoms with Crippen molar-refractivity contribution in [2.75, 3.05) is 19.5 Å². The van der Waals surface area contributed by atoms with Crippen molar-refractivity contribution in [3.05, 3.63) is 51.7 Å². The van der Waals surface area contributed by atoms with Gasteiger partial charge in [-0.05, 0) is 24.3 Å². The van der Waals surface area contributed by atoms with Gasteiger partial charge in [-0.25, -0.2) is 4.98 Å². The molecule has 1 aromatic carbocycles. The van der Waals surface area contributed by atoms with E-state index >= 15 is 0 Å². The Hall–Kier alpha value is -2.03. The van der Waals surface area contributed by atoms with Crippen molar-refractivity contribution in [1.29, 1.82) is 0 Å². The normalized spacial score (nSPS) is 10.6. The van der Waals surface area contributed by atoms with Gasteiger partial charge in [0, 0.05) is 21.7 Å². The van der Waals surface area contributed by atoms with Crippen LogP contribution in [0.15, 0.2) is 41.4 Å². The van der Waals surface area contributed by atoms with Crippen LogP contribution in [0, 0.1) is 0 Å². The monoisotopic (exact) mass is 408 g/mol. The Morgan fingerprint density at radius 1 is 1.12 bits per heavy atom. The molecule has 26 heavy (non-hydrogen) atoms. The highest BCUT2D eigenvalue weighted by molar-refractivity contribution is 7.98. The maximum atomic E-state index is 5.84. The van der Waals surface area contributed by atoms with Crippen LogP contribution in [-0.2, 0) is 12.3 Å². The molecule has 0 aliphatic carbocycles. The SMILES string of the molecule is COc1cc(OC)nc(CSc2ccc(NCc3cnc(Cl)s3)cc2)n1. The molecule has 0 fully saturated rings. The van der Waals surface area contributed by atoms with E-state index in [1.54, 1.807) is 38.2 Å². The second-order valence-electron chi connectivity index (χ2n) is 5.12. The fourth-order valence-electron chi connectivity index (χ4n) is 2.09. The molecule has 0 saturated heterocycles. The van der Waals surface area contributed by atoms with Gasteiger partial charge in [0.2, 0.25) is 11.8 Å². The molecule has 0 saturated carbocycles. The summed E-state index contributed by atoms with van der Waals surface area (Å²) in [5.41, 5.74) is 1.04. The van der Waals surface area contributed by atoms with Gasteiger partial charge < -0.3 is 14.8 Å². The lowest BCUT2D eigenvalue weighted by molar-refractivity contribution is 0.369. The molecule has 6 nitrogen and oxygen atoms in total. The van der Waals surface area contributed by atoms with Crippen molar-refractivity contribution >= 4 is 40.4 Å². The molecule has 3 aromatic rings. The molecule has 1 N–H and O–H groups in total. The second kappa shape index (κ2) is 9.07. The summed E-state index contributed by atoms with van der Waals surface area (Å²) in [6.45, 7) is 0.703. The summed E-state index contributed by atoms with van der Waals surface area (Å²) in [6, 6.07) is 9.86. The van der Waals surface area contributed by atoms with E-state index in [4.69, 9.17) is 21.1 Å². The van der Waals surface area contributed by atoms with Crippen LogP contribution in [-0.4, -0.2) is 29.2 Å². The first-order valence-corrected chi connectivity index (χ1v) is 9.87. The van der Waals surface area contributed by atoms with Gasteiger partial charge in [0.25, 0.3) is 0 Å². The highest BCUT2D eigenvalue weighted by Gasteiger charge is 2.06. The topological polar surface area (TPSA) is 69.2 Å². The number of thioether (sulfide) groups is 1. The zero-order valence-electron chi connectivity index (χ0n) is 14.2. The summed E-state index contributed by atoms with van der Waals surface area (Å²) in [5, 5.41) is 3.35. The smallest absolute Gasteiger partial charge is 0.220 e. The molecular formula is C17H17ClN4O2S2. The Bertz CT molecular complexity index is 836. The van der Waals surface area contributed by atoms with Crippen molar-refractivity contribution in [2.45, 2.75) is 17.2 Å². The lowest BCUT2D eigenvalue weighted by Crippen LogP contribution is -1.99. The molecule has 2 heterocycles. The van der Waals surface area contributed by atoms with Crippen molar-refractivity contribution in [3.8, 4) is 11.8 Å². The van der Waals surface area contributed by atoms with Crippen LogP contribution < -0.4 is 14.8 Å². The number of hydrogen-bond acceptors (Lipinski definition) is 8. The van der Waals surface area contributed by atoms with E-state index in [-0.39, 0.29) is 0 Å². The average Bonchev–Trinajstić information content (AvgIpc) is 3.10. The van der Waals surface area contributed by atoms with Gasteiger partial charge in [0.1, 0.15) is 5.82 Å². The third-order valence-corrected chi connectivity index (χ3v) is 5.48. The molecule has 0 aliphatic rings. The number of halogens is 1. The van der Waals surface area contributed by atoms with Gasteiger partial charge in [0.15, 0.2) is 4.47 Å². The molecule has 0 atom stereocenters. The number of methoxy groups -OCH3 is 2. The van der Waals surface area contributed by atoms with Crippen LogP contribution in [0.3, 0.4) is 0 Å². The first-order valence-electron chi connectivity index (χ1n) is 7.69. The Morgan fingerprint density at radius 3 is 2.38 bits per heavy atom. The highest BCUT2D eigenvalue weighted by Crippen LogP contribution is 2.25. The quantitative estimate of drug-likeness (QED) is 0.550. The van der Waals surface area contributed by atoms with E-state index in [2.05, 4.69) is 32.4 Å². The minimum atomic E-state index is 0.496. The van der Waals surface area contributed by atoms with E-state index in [0.717, 1.165) is 15.5 Å². The third-order valence-electron chi connectivity index (χ3n) is 3.36. The van der Waals surface area contributed by atoms with Crippen molar-refractivity contribution < 1.29 is 9.47 Å². The van der Waals surface area contributed by atoms with Crippen LogP contribution in [0.4, 0.5) is 5.69 Å². The highest BCUT2D eigenvalue weighted by atomic mass is 35.5. The Morgan fingerprint density at radius 2 is 1.81 bits per heavy atom. The number of nitrogens with zero attached hydrogens (tertiary/aromatic N) is 3. The number of thiazole rings is 1. The predicted molar refractivity (Wildman–Crippen MR) is 106 cm³/mol. The fraction of sp³-hybridized carbons (Fsp3) is 0.235. The minimum Gasteiger partial charge on any atom is -0.481 e. The molecule has 9 heteroatoms. The van der Waals surface area contributed by atoms with E-state index in [1.807, 2.05) is 12.1 Å². The molecule has 0 radical (unpaired) electrons. The van der Waals surface area contributed by atoms with Crippen LogP contribution in [0.2, 0.25) is 4.47 Å². The first-order chi connectivity index (χ1) is 12.7. The number of aromatic nitrogens is 3. The standard InChI is InChI=1S/C17H17ClN4O2S2/c1-23-15-7-16(24-2)22-14(21-15)10-25-12-5-3-11(4-6-12)19-8-13-9-20-17(18)26-13/h3-7,9,19H,8,10H2,1-2H3. The summed E-state index contributed by atoms with van der Waals surface area (Å²) in [5.74, 6) is 2.28. The number of hydrogen-bond donors (Lipinski definition) is 1. The first kappa shape index (κ1) is 18.8. The number of nitrogens with one attached hydrogen (secondary N) is 1. The Kier molecular flexibility index (Phi) is 6.54. The molecule has 0 spiro atoms. The van der Waals surface area contributed by atoms with Crippen LogP contribution >= 0.6 is 34.7 Å². The molecule has 0 unspecified atom stereocenters. The van der Waals surface area contributed by atoms with Gasteiger partial charge >= 0.3 is 0 Å². The Balaban J connectivity index is 1.56. The summed E-state index contributed by atoms with van der Waals surface area (Å²) < 4.78 is 10.9. The molecule has 0 amide bonds. The van der Waals surface area contributed by atoms with E-state index in [9.17, 15) is 0 Å². The fourth-order valence-corrected chi connectivity index (χ4v) is 3.77. The molecule has 0 aliphatic heterocycles. The zero-order valence-corrected chi connectivity index (χ0v) is 16.6. The van der Waals surface area contributed by atoms with Crippen molar-refractivity contribution in [1.82, 2.24) is 15.0 Å². The van der Waals surface area contributed by atoms with Crippen LogP contribution in [0.5, 0.6) is 11.8 Å². The van der Waals surface area contributed by atoms with Gasteiger partial charge in [0.05, 0.1) is 32.6 Å². The van der Waals surface area contributed by atoms with Gasteiger partial charge in [-0.2, -0.15) is 9.97 Å². The number of anilines is 1. The number of ether oxygens (including phenoxy) is 2. The third kappa shape index (κ3) is 5.23. The molecule has 2 aromatic heterocycles. The van der Waals surface area contributed by atoms with E-state index < -0.39 is 0 Å². The minimum absolute atomic E-state index is 0.496. The lowest BCUT2D eigenvalue weighted by Gasteiger charge is -2.07. The van der Waals surface area contributed by atoms with Gasteiger partial charge in [-0.1, -0.05) is 11.6 Å². The summed E-state index contributed by atoms with van der Waals surface area (Å²) >= 11 is 8.96. The lowest BCUT2D eigenvalue weighted by atomic mass is 10.3. The summed E-state index contributed by atoms with van der Waals surface area (Å²) in [4.78, 5) is 14.9. The Labute approximate surface area is 165 Å². The number of benzene rings is 1. The van der Waals surface area contributed by atoms with Crippen molar-refractivity contribution in [2.24, 2.45) is 0 Å². The van der Waals surface area contributed by atoms with Gasteiger partial charge in [-0.3, -0.25) is 0 Å². The molecule has 136 valence electrons. The zero-order chi connectivity index (χ0) is 18.4. The summed E-state index contributed by atoms with van der Waals surface area (Å²) in [7, 11) is 3.15. The average molecular weight is 409 g/mol. The van der Waals surface area contributed by atoms with Crippen LogP contribution in [0.25, 0.3) is 0 Å². The van der Waals surface area contributed by atoms with E-state index in [1.165, 1.54) is 11.3 Å². The predicted octanol–water partition coefficient (Wildman–Crippen LogP) is 4.51. The van der Waals surface area contributed by atoms with Gasteiger partial charge in [-0.15, -0.1) is 23.1 Å². The van der Waals surface area contributed by atoms with Crippen molar-refractivity contribution in [3.63, 3.8) is 0 Å². The number of rotatable bonds is 8. The molecule has 0 bridgehead atoms. The van der Waals surface area contributed by atoms with Crippen LogP contribution in [0.1, 0.15) is 10.7 Å². The van der Waals surface area contributed by atoms with E-state index in [0.29, 0.717) is 34.3 Å². The molecular weight excluding hydrogens is 392 g/mol. The summed E-state index contributed by atoms with van der Waals surface area (Å²) in [6.07, 6.45) is 1.78. The maximum Gasteiger partial charge on any atom is 0.220 e.